The lowest BCUT2D eigenvalue weighted by atomic mass is 9.53. The molecule has 0 N–H and O–H groups in total. The smallest absolute Gasteiger partial charge is 0.0625 e. The average molecular weight is 284 g/mol. The predicted octanol–water partition coefficient (Wildman–Crippen LogP) is 4.34. The van der Waals surface area contributed by atoms with E-state index < -0.39 is 0 Å². The number of hydrogen-bond donors (Lipinski definition) is 0. The van der Waals surface area contributed by atoms with Crippen LogP contribution >= 0.6 is 0 Å². The van der Waals surface area contributed by atoms with E-state index in [4.69, 9.17) is 0 Å². The molecule has 0 radical (unpaired) electrons. The first-order valence-electron chi connectivity index (χ1n) is 7.78. The van der Waals surface area contributed by atoms with Crippen LogP contribution in [-0.4, -0.2) is 0 Å². The zero-order chi connectivity index (χ0) is 15.1. The van der Waals surface area contributed by atoms with Crippen LogP contribution in [-0.2, 0) is 0 Å². The average Bonchev–Trinajstić information content (AvgIpc) is 2.57. The minimum absolute atomic E-state index is 0.249. The van der Waals surface area contributed by atoms with Crippen molar-refractivity contribution >= 4 is 0 Å². The van der Waals surface area contributed by atoms with E-state index in [2.05, 4.69) is 60.7 Å². The SMILES string of the molecule is N#CCC1C2c3ccccc3C(c3ccccc32)C1CC#N. The second kappa shape index (κ2) is 5.00. The van der Waals surface area contributed by atoms with E-state index in [-0.39, 0.29) is 23.7 Å². The molecule has 3 aliphatic rings. The monoisotopic (exact) mass is 284 g/mol. The summed E-state index contributed by atoms with van der Waals surface area (Å²) < 4.78 is 0. The Kier molecular flexibility index (Phi) is 2.98. The summed E-state index contributed by atoms with van der Waals surface area (Å²) in [5.41, 5.74) is 5.45. The van der Waals surface area contributed by atoms with Gasteiger partial charge in [-0.05, 0) is 34.1 Å². The Morgan fingerprint density at radius 1 is 0.636 bits per heavy atom. The normalized spacial score (nSPS) is 27.4. The van der Waals surface area contributed by atoms with Crippen molar-refractivity contribution in [2.24, 2.45) is 11.8 Å². The second-order valence-electron chi connectivity index (χ2n) is 6.27. The van der Waals surface area contributed by atoms with Crippen molar-refractivity contribution in [3.8, 4) is 12.1 Å². The Hall–Kier alpha value is -2.58. The molecule has 0 fully saturated rings. The van der Waals surface area contributed by atoms with Crippen LogP contribution in [0.2, 0.25) is 0 Å². The molecule has 0 spiro atoms. The molecule has 2 aromatic rings. The lowest BCUT2D eigenvalue weighted by Crippen LogP contribution is -2.39. The predicted molar refractivity (Wildman–Crippen MR) is 84.0 cm³/mol. The third kappa shape index (κ3) is 1.65. The van der Waals surface area contributed by atoms with Gasteiger partial charge in [0, 0.05) is 24.7 Å². The minimum Gasteiger partial charge on any atom is -0.198 e. The van der Waals surface area contributed by atoms with Crippen LogP contribution in [0, 0.1) is 34.5 Å². The number of nitriles is 2. The second-order valence-corrected chi connectivity index (χ2v) is 6.27. The van der Waals surface area contributed by atoms with Crippen LogP contribution in [0.1, 0.15) is 46.9 Å². The minimum atomic E-state index is 0.249. The first-order chi connectivity index (χ1) is 10.9. The van der Waals surface area contributed by atoms with E-state index >= 15 is 0 Å². The maximum absolute atomic E-state index is 9.30. The van der Waals surface area contributed by atoms with Gasteiger partial charge in [0.2, 0.25) is 0 Å². The molecule has 0 saturated heterocycles. The highest BCUT2D eigenvalue weighted by Crippen LogP contribution is 2.59. The third-order valence-corrected chi connectivity index (χ3v) is 5.39. The maximum atomic E-state index is 9.30. The van der Waals surface area contributed by atoms with Crippen molar-refractivity contribution in [1.29, 1.82) is 10.5 Å². The molecule has 2 nitrogen and oxygen atoms in total. The summed E-state index contributed by atoms with van der Waals surface area (Å²) in [5, 5.41) is 18.6. The van der Waals surface area contributed by atoms with Gasteiger partial charge in [-0.2, -0.15) is 10.5 Å². The van der Waals surface area contributed by atoms with E-state index in [0.29, 0.717) is 12.8 Å². The molecule has 2 bridgehead atoms. The van der Waals surface area contributed by atoms with Gasteiger partial charge in [-0.3, -0.25) is 0 Å². The van der Waals surface area contributed by atoms with Crippen molar-refractivity contribution in [3.05, 3.63) is 70.8 Å². The summed E-state index contributed by atoms with van der Waals surface area (Å²) in [6.45, 7) is 0. The molecule has 22 heavy (non-hydrogen) atoms. The number of benzene rings is 2. The largest absolute Gasteiger partial charge is 0.198 e. The molecule has 106 valence electrons. The molecular weight excluding hydrogens is 268 g/mol. The van der Waals surface area contributed by atoms with Gasteiger partial charge < -0.3 is 0 Å². The van der Waals surface area contributed by atoms with Crippen molar-refractivity contribution in [1.82, 2.24) is 0 Å². The van der Waals surface area contributed by atoms with Gasteiger partial charge in [0.15, 0.2) is 0 Å². The van der Waals surface area contributed by atoms with Crippen molar-refractivity contribution in [2.75, 3.05) is 0 Å². The highest BCUT2D eigenvalue weighted by Gasteiger charge is 2.48. The summed E-state index contributed by atoms with van der Waals surface area (Å²) in [6, 6.07) is 21.9. The van der Waals surface area contributed by atoms with Crippen LogP contribution in [0.25, 0.3) is 0 Å². The summed E-state index contributed by atoms with van der Waals surface area (Å²) in [5.74, 6) is 1.02. The number of rotatable bonds is 2. The Morgan fingerprint density at radius 3 is 1.23 bits per heavy atom. The van der Waals surface area contributed by atoms with Gasteiger partial charge in [-0.1, -0.05) is 48.5 Å². The highest BCUT2D eigenvalue weighted by atomic mass is 14.5. The van der Waals surface area contributed by atoms with E-state index in [1.165, 1.54) is 22.3 Å². The van der Waals surface area contributed by atoms with Crippen LogP contribution in [0.15, 0.2) is 48.5 Å². The zero-order valence-corrected chi connectivity index (χ0v) is 12.2. The van der Waals surface area contributed by atoms with Crippen LogP contribution < -0.4 is 0 Å². The Balaban J connectivity index is 1.98. The summed E-state index contributed by atoms with van der Waals surface area (Å²) in [6.07, 6.45) is 1.05. The maximum Gasteiger partial charge on any atom is 0.0625 e. The van der Waals surface area contributed by atoms with E-state index in [0.717, 1.165) is 0 Å². The lowest BCUT2D eigenvalue weighted by Gasteiger charge is -2.49. The molecule has 0 heterocycles. The van der Waals surface area contributed by atoms with Gasteiger partial charge >= 0.3 is 0 Å². The molecule has 2 heteroatoms. The van der Waals surface area contributed by atoms with Crippen LogP contribution in [0.5, 0.6) is 0 Å². The molecular formula is C20H16N2. The molecule has 0 aliphatic heterocycles. The summed E-state index contributed by atoms with van der Waals surface area (Å²) >= 11 is 0. The topological polar surface area (TPSA) is 47.6 Å². The van der Waals surface area contributed by atoms with Crippen LogP contribution in [0.3, 0.4) is 0 Å². The van der Waals surface area contributed by atoms with Gasteiger partial charge in [-0.15, -0.1) is 0 Å². The van der Waals surface area contributed by atoms with Gasteiger partial charge in [-0.25, -0.2) is 0 Å². The molecule has 0 saturated carbocycles. The fourth-order valence-corrected chi connectivity index (χ4v) is 4.66. The molecule has 0 amide bonds. The zero-order valence-electron chi connectivity index (χ0n) is 12.2. The van der Waals surface area contributed by atoms with E-state index in [9.17, 15) is 10.5 Å². The van der Waals surface area contributed by atoms with Gasteiger partial charge in [0.1, 0.15) is 0 Å². The van der Waals surface area contributed by atoms with E-state index in [1.807, 2.05) is 0 Å². The Bertz CT molecular complexity index is 693. The third-order valence-electron chi connectivity index (χ3n) is 5.39. The molecule has 0 aromatic heterocycles. The van der Waals surface area contributed by atoms with Gasteiger partial charge in [0.05, 0.1) is 12.1 Å². The fraction of sp³-hybridized carbons (Fsp3) is 0.300. The number of fused-ring (bicyclic) bond motifs is 1. The van der Waals surface area contributed by atoms with E-state index in [1.54, 1.807) is 0 Å². The van der Waals surface area contributed by atoms with Crippen molar-refractivity contribution in [3.63, 3.8) is 0 Å². The standard InChI is InChI=1S/C20H16N2/c21-11-9-17-18(10-12-22)20-14-6-2-1-5-13(14)19(17)15-7-3-4-8-16(15)20/h1-8,17-20H,9-10H2. The number of nitrogens with zero attached hydrogens (tertiary/aromatic N) is 2. The molecule has 2 atom stereocenters. The first kappa shape index (κ1) is 13.1. The first-order valence-corrected chi connectivity index (χ1v) is 7.78. The Labute approximate surface area is 130 Å². The van der Waals surface area contributed by atoms with Crippen LogP contribution in [0.4, 0.5) is 0 Å². The Morgan fingerprint density at radius 2 is 0.955 bits per heavy atom. The highest BCUT2D eigenvalue weighted by molar-refractivity contribution is 5.56. The molecule has 3 aliphatic carbocycles. The lowest BCUT2D eigenvalue weighted by molar-refractivity contribution is 0.237. The summed E-state index contributed by atoms with van der Waals surface area (Å²) in [4.78, 5) is 0. The summed E-state index contributed by atoms with van der Waals surface area (Å²) in [7, 11) is 0. The molecule has 2 aromatic carbocycles. The molecule has 5 rings (SSSR count). The quantitative estimate of drug-likeness (QED) is 0.823. The molecule has 2 unspecified atom stereocenters. The van der Waals surface area contributed by atoms with Crippen molar-refractivity contribution in [2.45, 2.75) is 24.7 Å². The van der Waals surface area contributed by atoms with Crippen molar-refractivity contribution < 1.29 is 0 Å². The van der Waals surface area contributed by atoms with Gasteiger partial charge in [0.25, 0.3) is 0 Å². The fourth-order valence-electron chi connectivity index (χ4n) is 4.66. The number of hydrogen-bond acceptors (Lipinski definition) is 2.